The van der Waals surface area contributed by atoms with Gasteiger partial charge in [0.15, 0.2) is 0 Å². The van der Waals surface area contributed by atoms with Crippen molar-refractivity contribution >= 4 is 11.8 Å². The SMILES string of the molecule is CC(C)NC(=O)CCNC(=O)C(C#N)C(C)C. The van der Waals surface area contributed by atoms with Gasteiger partial charge in [-0.15, -0.1) is 0 Å². The van der Waals surface area contributed by atoms with Gasteiger partial charge >= 0.3 is 0 Å². The number of rotatable bonds is 6. The largest absolute Gasteiger partial charge is 0.354 e. The molecule has 0 radical (unpaired) electrons. The molecule has 0 aromatic rings. The monoisotopic (exact) mass is 239 g/mol. The molecule has 0 aliphatic rings. The van der Waals surface area contributed by atoms with Crippen LogP contribution in [0.4, 0.5) is 0 Å². The molecule has 0 fully saturated rings. The number of amides is 2. The summed E-state index contributed by atoms with van der Waals surface area (Å²) in [4.78, 5) is 22.8. The number of nitriles is 1. The molecule has 1 unspecified atom stereocenters. The predicted molar refractivity (Wildman–Crippen MR) is 64.8 cm³/mol. The standard InChI is InChI=1S/C12H21N3O2/c1-8(2)10(7-13)12(17)14-6-5-11(16)15-9(3)4/h8-10H,5-6H2,1-4H3,(H,14,17)(H,15,16). The molecule has 0 saturated heterocycles. The van der Waals surface area contributed by atoms with E-state index in [0.717, 1.165) is 0 Å². The van der Waals surface area contributed by atoms with Crippen LogP contribution in [0, 0.1) is 23.2 Å². The summed E-state index contributed by atoms with van der Waals surface area (Å²) in [5.41, 5.74) is 0. The van der Waals surface area contributed by atoms with E-state index >= 15 is 0 Å². The number of carbonyl (C=O) groups excluding carboxylic acids is 2. The van der Waals surface area contributed by atoms with Crippen molar-refractivity contribution in [2.75, 3.05) is 6.54 Å². The van der Waals surface area contributed by atoms with E-state index in [-0.39, 0.29) is 36.7 Å². The van der Waals surface area contributed by atoms with Crippen molar-refractivity contribution in [3.8, 4) is 6.07 Å². The van der Waals surface area contributed by atoms with Crippen LogP contribution in [0.15, 0.2) is 0 Å². The van der Waals surface area contributed by atoms with E-state index in [4.69, 9.17) is 5.26 Å². The van der Waals surface area contributed by atoms with Gasteiger partial charge in [-0.25, -0.2) is 0 Å². The highest BCUT2D eigenvalue weighted by Crippen LogP contribution is 2.08. The Kier molecular flexibility index (Phi) is 6.95. The van der Waals surface area contributed by atoms with E-state index in [0.29, 0.717) is 0 Å². The van der Waals surface area contributed by atoms with Crippen LogP contribution in [0.3, 0.4) is 0 Å². The van der Waals surface area contributed by atoms with Crippen LogP contribution >= 0.6 is 0 Å². The highest BCUT2D eigenvalue weighted by Gasteiger charge is 2.21. The molecule has 2 N–H and O–H groups in total. The van der Waals surface area contributed by atoms with Gasteiger partial charge in [-0.05, 0) is 19.8 Å². The molecule has 5 heteroatoms. The predicted octanol–water partition coefficient (Wildman–Crippen LogP) is 0.813. The van der Waals surface area contributed by atoms with E-state index in [2.05, 4.69) is 10.6 Å². The lowest BCUT2D eigenvalue weighted by molar-refractivity contribution is -0.124. The Bertz CT molecular complexity index is 305. The molecule has 1 atom stereocenters. The third kappa shape index (κ3) is 6.56. The van der Waals surface area contributed by atoms with E-state index in [1.807, 2.05) is 33.8 Å². The number of hydrogen-bond acceptors (Lipinski definition) is 3. The lowest BCUT2D eigenvalue weighted by atomic mass is 9.97. The Morgan fingerprint density at radius 2 is 1.82 bits per heavy atom. The van der Waals surface area contributed by atoms with Crippen LogP contribution in [-0.4, -0.2) is 24.4 Å². The van der Waals surface area contributed by atoms with E-state index in [1.54, 1.807) is 0 Å². The molecule has 5 nitrogen and oxygen atoms in total. The molecule has 0 saturated carbocycles. The summed E-state index contributed by atoms with van der Waals surface area (Å²) in [5.74, 6) is -1.08. The second kappa shape index (κ2) is 7.66. The van der Waals surface area contributed by atoms with Gasteiger partial charge in [0.2, 0.25) is 11.8 Å². The quantitative estimate of drug-likeness (QED) is 0.719. The summed E-state index contributed by atoms with van der Waals surface area (Å²) in [6.45, 7) is 7.65. The first-order valence-corrected chi connectivity index (χ1v) is 5.85. The maximum atomic E-state index is 11.6. The Morgan fingerprint density at radius 3 is 2.24 bits per heavy atom. The average Bonchev–Trinajstić information content (AvgIpc) is 2.16. The zero-order chi connectivity index (χ0) is 13.4. The fraction of sp³-hybridized carbons (Fsp3) is 0.750. The Labute approximate surface area is 103 Å². The first-order valence-electron chi connectivity index (χ1n) is 5.85. The minimum atomic E-state index is -0.650. The third-order valence-electron chi connectivity index (χ3n) is 2.19. The van der Waals surface area contributed by atoms with Crippen molar-refractivity contribution in [3.63, 3.8) is 0 Å². The highest BCUT2D eigenvalue weighted by molar-refractivity contribution is 5.82. The van der Waals surface area contributed by atoms with Crippen LogP contribution in [0.5, 0.6) is 0 Å². The van der Waals surface area contributed by atoms with Gasteiger partial charge in [0, 0.05) is 19.0 Å². The van der Waals surface area contributed by atoms with Crippen molar-refractivity contribution in [1.82, 2.24) is 10.6 Å². The van der Waals surface area contributed by atoms with Gasteiger partial charge < -0.3 is 10.6 Å². The van der Waals surface area contributed by atoms with Crippen LogP contribution in [-0.2, 0) is 9.59 Å². The molecule has 17 heavy (non-hydrogen) atoms. The molecule has 0 aliphatic carbocycles. The average molecular weight is 239 g/mol. The van der Waals surface area contributed by atoms with Crippen molar-refractivity contribution in [2.24, 2.45) is 11.8 Å². The van der Waals surface area contributed by atoms with E-state index < -0.39 is 5.92 Å². The first kappa shape index (κ1) is 15.4. The molecule has 96 valence electrons. The van der Waals surface area contributed by atoms with Crippen LogP contribution < -0.4 is 10.6 Å². The van der Waals surface area contributed by atoms with Crippen molar-refractivity contribution < 1.29 is 9.59 Å². The maximum Gasteiger partial charge on any atom is 0.237 e. The Balaban J connectivity index is 3.94. The number of nitrogens with one attached hydrogen (secondary N) is 2. The van der Waals surface area contributed by atoms with E-state index in [1.165, 1.54) is 0 Å². The second-order valence-corrected chi connectivity index (χ2v) is 4.61. The zero-order valence-corrected chi connectivity index (χ0v) is 10.9. The summed E-state index contributed by atoms with van der Waals surface area (Å²) in [7, 11) is 0. The zero-order valence-electron chi connectivity index (χ0n) is 10.9. The van der Waals surface area contributed by atoms with E-state index in [9.17, 15) is 9.59 Å². The molecule has 0 rings (SSSR count). The van der Waals surface area contributed by atoms with Crippen molar-refractivity contribution in [1.29, 1.82) is 5.26 Å². The molecule has 0 heterocycles. The molecule has 0 aromatic carbocycles. The van der Waals surface area contributed by atoms with Gasteiger partial charge in [-0.3, -0.25) is 9.59 Å². The minimum Gasteiger partial charge on any atom is -0.354 e. The summed E-state index contributed by atoms with van der Waals surface area (Å²) < 4.78 is 0. The minimum absolute atomic E-state index is 0.0236. The van der Waals surface area contributed by atoms with Crippen molar-refractivity contribution in [2.45, 2.75) is 40.2 Å². The van der Waals surface area contributed by atoms with Gasteiger partial charge in [-0.1, -0.05) is 13.8 Å². The van der Waals surface area contributed by atoms with Gasteiger partial charge in [0.1, 0.15) is 5.92 Å². The number of carbonyl (C=O) groups is 2. The lowest BCUT2D eigenvalue weighted by Crippen LogP contribution is -2.37. The molecule has 0 aliphatic heterocycles. The number of hydrogen-bond donors (Lipinski definition) is 2. The Morgan fingerprint density at radius 1 is 1.24 bits per heavy atom. The third-order valence-corrected chi connectivity index (χ3v) is 2.19. The van der Waals surface area contributed by atoms with Crippen LogP contribution in [0.2, 0.25) is 0 Å². The second-order valence-electron chi connectivity index (χ2n) is 4.61. The normalized spacial score (nSPS) is 12.1. The van der Waals surface area contributed by atoms with Gasteiger partial charge in [0.05, 0.1) is 6.07 Å². The summed E-state index contributed by atoms with van der Waals surface area (Å²) in [5, 5.41) is 14.1. The Hall–Kier alpha value is -1.57. The summed E-state index contributed by atoms with van der Waals surface area (Å²) >= 11 is 0. The smallest absolute Gasteiger partial charge is 0.237 e. The topological polar surface area (TPSA) is 82.0 Å². The first-order chi connectivity index (χ1) is 7.88. The number of nitrogens with zero attached hydrogens (tertiary/aromatic N) is 1. The van der Waals surface area contributed by atoms with Crippen LogP contribution in [0.25, 0.3) is 0 Å². The molecule has 0 spiro atoms. The maximum absolute atomic E-state index is 11.6. The van der Waals surface area contributed by atoms with Gasteiger partial charge in [0.25, 0.3) is 0 Å². The fourth-order valence-corrected chi connectivity index (χ4v) is 1.31. The van der Waals surface area contributed by atoms with Crippen LogP contribution in [0.1, 0.15) is 34.1 Å². The fourth-order valence-electron chi connectivity index (χ4n) is 1.31. The van der Waals surface area contributed by atoms with Gasteiger partial charge in [-0.2, -0.15) is 5.26 Å². The molecule has 0 aromatic heterocycles. The summed E-state index contributed by atoms with van der Waals surface area (Å²) in [6, 6.07) is 2.06. The summed E-state index contributed by atoms with van der Waals surface area (Å²) in [6.07, 6.45) is 0.236. The molecular weight excluding hydrogens is 218 g/mol. The molecule has 0 bridgehead atoms. The molecular formula is C12H21N3O2. The molecule has 2 amide bonds. The van der Waals surface area contributed by atoms with Crippen molar-refractivity contribution in [3.05, 3.63) is 0 Å². The highest BCUT2D eigenvalue weighted by atomic mass is 16.2. The lowest BCUT2D eigenvalue weighted by Gasteiger charge is -2.13.